The first kappa shape index (κ1) is 13.3. The first-order valence-corrected chi connectivity index (χ1v) is 6.24. The van der Waals surface area contributed by atoms with Crippen LogP contribution in [0, 0.1) is 6.92 Å². The van der Waals surface area contributed by atoms with Crippen molar-refractivity contribution in [1.29, 1.82) is 0 Å². The number of hydrogen-bond donors (Lipinski definition) is 1. The van der Waals surface area contributed by atoms with E-state index in [0.717, 1.165) is 23.6 Å². The second-order valence-electron chi connectivity index (χ2n) is 3.96. The summed E-state index contributed by atoms with van der Waals surface area (Å²) >= 11 is 1.15. The molecule has 0 atom stereocenters. The molecule has 0 aliphatic carbocycles. The fourth-order valence-corrected chi connectivity index (χ4v) is 2.37. The first-order valence-electron chi connectivity index (χ1n) is 5.42. The van der Waals surface area contributed by atoms with Crippen LogP contribution < -0.4 is 11.1 Å². The van der Waals surface area contributed by atoms with Crippen LogP contribution in [0.2, 0.25) is 0 Å². The molecule has 1 aromatic carbocycles. The van der Waals surface area contributed by atoms with Crippen LogP contribution in [-0.2, 0) is 7.05 Å². The summed E-state index contributed by atoms with van der Waals surface area (Å²) in [7, 11) is 1.57. The monoisotopic (exact) mass is 277 g/mol. The number of nitrogens with zero attached hydrogens (tertiary/aromatic N) is 2. The van der Waals surface area contributed by atoms with E-state index in [0.29, 0.717) is 15.6 Å². The Balaban J connectivity index is 2.47. The summed E-state index contributed by atoms with van der Waals surface area (Å²) in [5, 5.41) is 2.67. The van der Waals surface area contributed by atoms with Crippen LogP contribution in [0.25, 0.3) is 0 Å². The number of carbonyl (C=O) groups excluding carboxylic acids is 1. The van der Waals surface area contributed by atoms with Crippen molar-refractivity contribution < 1.29 is 4.79 Å². The third kappa shape index (κ3) is 2.82. The molecule has 0 spiro atoms. The number of rotatable bonds is 3. The summed E-state index contributed by atoms with van der Waals surface area (Å²) in [5.41, 5.74) is -0.132. The number of aldehydes is 1. The van der Waals surface area contributed by atoms with Crippen molar-refractivity contribution in [2.45, 2.75) is 17.0 Å². The number of benzene rings is 1. The first-order chi connectivity index (χ1) is 9.01. The number of hydrogen-bond acceptors (Lipinski definition) is 5. The molecule has 0 fully saturated rings. The number of aryl methyl sites for hydroxylation is 2. The summed E-state index contributed by atoms with van der Waals surface area (Å²) in [5.74, 6) is 0. The van der Waals surface area contributed by atoms with Gasteiger partial charge in [0, 0.05) is 17.5 Å². The second kappa shape index (κ2) is 5.23. The van der Waals surface area contributed by atoms with E-state index < -0.39 is 11.1 Å². The van der Waals surface area contributed by atoms with Crippen LogP contribution in [0.4, 0.5) is 0 Å². The quantitative estimate of drug-likeness (QED) is 0.660. The number of aromatic amines is 1. The molecule has 0 saturated heterocycles. The van der Waals surface area contributed by atoms with E-state index in [9.17, 15) is 14.4 Å². The molecule has 6 nitrogen and oxygen atoms in total. The maximum Gasteiger partial charge on any atom is 0.339 e. The zero-order valence-corrected chi connectivity index (χ0v) is 11.2. The van der Waals surface area contributed by atoms with Gasteiger partial charge in [-0.3, -0.25) is 24.2 Å². The molecule has 0 aliphatic rings. The van der Waals surface area contributed by atoms with Crippen molar-refractivity contribution in [3.8, 4) is 0 Å². The predicted molar refractivity (Wildman–Crippen MR) is 70.8 cm³/mol. The molecule has 0 bridgehead atoms. The predicted octanol–water partition coefficient (Wildman–Crippen LogP) is 0.741. The maximum absolute atomic E-state index is 11.2. The van der Waals surface area contributed by atoms with E-state index in [-0.39, 0.29) is 0 Å². The van der Waals surface area contributed by atoms with Gasteiger partial charge in [-0.05, 0) is 30.8 Å². The number of nitrogens with one attached hydrogen (secondary N) is 1. The minimum atomic E-state index is -0.847. The Labute approximate surface area is 112 Å². The summed E-state index contributed by atoms with van der Waals surface area (Å²) < 4.78 is 1.35. The Morgan fingerprint density at radius 3 is 2.79 bits per heavy atom. The highest BCUT2D eigenvalue weighted by molar-refractivity contribution is 7.99. The molecular formula is C12H11N3O3S. The highest BCUT2D eigenvalue weighted by atomic mass is 32.2. The average molecular weight is 277 g/mol. The fourth-order valence-electron chi connectivity index (χ4n) is 1.50. The highest BCUT2D eigenvalue weighted by Crippen LogP contribution is 2.27. The molecule has 0 unspecified atom stereocenters. The minimum Gasteiger partial charge on any atom is -0.298 e. The van der Waals surface area contributed by atoms with E-state index >= 15 is 0 Å². The average Bonchev–Trinajstić information content (AvgIpc) is 2.37. The fraction of sp³-hybridized carbons (Fsp3) is 0.167. The van der Waals surface area contributed by atoms with Crippen molar-refractivity contribution in [3.05, 3.63) is 50.0 Å². The standard InChI is InChI=1S/C12H11N3O3S/c1-7-3-4-9(8(5-7)6-16)19-12-13-10(17)11(18)14-15(12)2/h3-6H,1-2H3,(H,14,18). The number of aromatic nitrogens is 3. The smallest absolute Gasteiger partial charge is 0.298 e. The number of H-pyrrole nitrogens is 1. The molecule has 7 heteroatoms. The summed E-state index contributed by atoms with van der Waals surface area (Å²) in [4.78, 5) is 37.7. The van der Waals surface area contributed by atoms with Gasteiger partial charge < -0.3 is 0 Å². The van der Waals surface area contributed by atoms with Crippen LogP contribution in [0.3, 0.4) is 0 Å². The highest BCUT2D eigenvalue weighted by Gasteiger charge is 2.09. The van der Waals surface area contributed by atoms with Gasteiger partial charge in [-0.25, -0.2) is 0 Å². The topological polar surface area (TPSA) is 84.8 Å². The molecule has 2 aromatic rings. The van der Waals surface area contributed by atoms with E-state index in [4.69, 9.17) is 0 Å². The van der Waals surface area contributed by atoms with E-state index in [1.807, 2.05) is 13.0 Å². The third-order valence-corrected chi connectivity index (χ3v) is 3.58. The molecule has 0 aliphatic heterocycles. The van der Waals surface area contributed by atoms with Gasteiger partial charge in [0.2, 0.25) is 0 Å². The number of carbonyl (C=O) groups is 1. The van der Waals surface area contributed by atoms with Crippen molar-refractivity contribution in [2.75, 3.05) is 0 Å². The lowest BCUT2D eigenvalue weighted by molar-refractivity contribution is 0.112. The third-order valence-electron chi connectivity index (χ3n) is 2.44. The lowest BCUT2D eigenvalue weighted by atomic mass is 10.2. The molecule has 0 radical (unpaired) electrons. The Kier molecular flexibility index (Phi) is 3.66. The van der Waals surface area contributed by atoms with Crippen LogP contribution in [0.15, 0.2) is 37.8 Å². The SMILES string of the molecule is Cc1ccc(Sc2nc(=O)c(=O)[nH]n2C)c(C=O)c1. The molecule has 1 heterocycles. The molecule has 19 heavy (non-hydrogen) atoms. The Morgan fingerprint density at radius 2 is 2.11 bits per heavy atom. The zero-order valence-electron chi connectivity index (χ0n) is 10.3. The lowest BCUT2D eigenvalue weighted by Gasteiger charge is -2.07. The molecule has 0 saturated carbocycles. The molecule has 2 rings (SSSR count). The van der Waals surface area contributed by atoms with E-state index in [1.165, 1.54) is 4.68 Å². The zero-order chi connectivity index (χ0) is 14.0. The van der Waals surface area contributed by atoms with E-state index in [2.05, 4.69) is 10.1 Å². The molecule has 1 aromatic heterocycles. The maximum atomic E-state index is 11.2. The van der Waals surface area contributed by atoms with Gasteiger partial charge in [0.25, 0.3) is 0 Å². The Morgan fingerprint density at radius 1 is 1.37 bits per heavy atom. The van der Waals surface area contributed by atoms with Crippen LogP contribution >= 0.6 is 11.8 Å². The molecular weight excluding hydrogens is 266 g/mol. The van der Waals surface area contributed by atoms with Crippen molar-refractivity contribution in [3.63, 3.8) is 0 Å². The molecule has 0 amide bonds. The largest absolute Gasteiger partial charge is 0.339 e. The van der Waals surface area contributed by atoms with Gasteiger partial charge in [-0.2, -0.15) is 4.98 Å². The molecule has 1 N–H and O–H groups in total. The van der Waals surface area contributed by atoms with Gasteiger partial charge in [-0.15, -0.1) is 0 Å². The van der Waals surface area contributed by atoms with Crippen molar-refractivity contribution in [2.24, 2.45) is 7.05 Å². The molecule has 98 valence electrons. The van der Waals surface area contributed by atoms with Crippen molar-refractivity contribution in [1.82, 2.24) is 14.8 Å². The van der Waals surface area contributed by atoms with Crippen LogP contribution in [0.5, 0.6) is 0 Å². The van der Waals surface area contributed by atoms with Gasteiger partial charge >= 0.3 is 11.1 Å². The van der Waals surface area contributed by atoms with E-state index in [1.54, 1.807) is 19.2 Å². The van der Waals surface area contributed by atoms with Gasteiger partial charge in [0.05, 0.1) is 0 Å². The Hall–Kier alpha value is -2.15. The normalized spacial score (nSPS) is 10.4. The van der Waals surface area contributed by atoms with Gasteiger partial charge in [-0.1, -0.05) is 11.6 Å². The van der Waals surface area contributed by atoms with Gasteiger partial charge in [0.1, 0.15) is 0 Å². The van der Waals surface area contributed by atoms with Crippen LogP contribution in [-0.4, -0.2) is 21.1 Å². The Bertz CT molecular complexity index is 749. The lowest BCUT2D eigenvalue weighted by Crippen LogP contribution is -2.33. The second-order valence-corrected chi connectivity index (χ2v) is 4.97. The van der Waals surface area contributed by atoms with Gasteiger partial charge in [0.15, 0.2) is 11.4 Å². The van der Waals surface area contributed by atoms with Crippen molar-refractivity contribution >= 4 is 18.0 Å². The summed E-state index contributed by atoms with van der Waals surface area (Å²) in [6.07, 6.45) is 0.749. The summed E-state index contributed by atoms with van der Waals surface area (Å²) in [6.45, 7) is 1.88. The minimum absolute atomic E-state index is 0.316. The van der Waals surface area contributed by atoms with Crippen LogP contribution in [0.1, 0.15) is 15.9 Å². The summed E-state index contributed by atoms with van der Waals surface area (Å²) in [6, 6.07) is 5.39.